The smallest absolute Gasteiger partial charge is 0.112 e. The number of hydrogen-bond donors (Lipinski definition) is 0. The lowest BCUT2D eigenvalue weighted by molar-refractivity contribution is 0.0599. The average molecular weight is 360 g/mol. The van der Waals surface area contributed by atoms with Crippen LogP contribution in [0, 0.1) is 6.92 Å². The molecule has 2 aromatic rings. The fourth-order valence-electron chi connectivity index (χ4n) is 3.36. The number of aryl methyl sites for hydroxylation is 2. The standard InChI is InChI=1S/C25H29NO/c1-5-20(11-10-19(4)27-23-8-7-9-23)22-12-13-24(21(6-2)16-22)25-17-26-15-14-18(25)3/h5,10-17,23H,4,6-9H2,1-3H3/b11-10-,20-5+. The van der Waals surface area contributed by atoms with Crippen molar-refractivity contribution in [2.45, 2.75) is 52.6 Å². The van der Waals surface area contributed by atoms with Gasteiger partial charge in [0.1, 0.15) is 5.76 Å². The third-order valence-electron chi connectivity index (χ3n) is 5.28. The van der Waals surface area contributed by atoms with E-state index < -0.39 is 0 Å². The highest BCUT2D eigenvalue weighted by molar-refractivity contribution is 5.78. The maximum absolute atomic E-state index is 5.84. The van der Waals surface area contributed by atoms with Crippen LogP contribution in [0.4, 0.5) is 0 Å². The number of allylic oxidation sites excluding steroid dienone is 4. The average Bonchev–Trinajstić information content (AvgIpc) is 2.65. The molecule has 0 spiro atoms. The number of benzene rings is 1. The topological polar surface area (TPSA) is 22.1 Å². The molecule has 0 aliphatic heterocycles. The quantitative estimate of drug-likeness (QED) is 0.407. The summed E-state index contributed by atoms with van der Waals surface area (Å²) in [5.74, 6) is 0.748. The molecule has 0 atom stereocenters. The molecule has 140 valence electrons. The zero-order chi connectivity index (χ0) is 19.2. The summed E-state index contributed by atoms with van der Waals surface area (Å²) < 4.78 is 5.84. The van der Waals surface area contributed by atoms with E-state index >= 15 is 0 Å². The first-order valence-corrected chi connectivity index (χ1v) is 9.86. The Morgan fingerprint density at radius 1 is 1.22 bits per heavy atom. The second-order valence-corrected chi connectivity index (χ2v) is 7.13. The van der Waals surface area contributed by atoms with E-state index in [1.165, 1.54) is 39.8 Å². The van der Waals surface area contributed by atoms with Gasteiger partial charge in [-0.25, -0.2) is 0 Å². The minimum Gasteiger partial charge on any atom is -0.491 e. The summed E-state index contributed by atoms with van der Waals surface area (Å²) in [4.78, 5) is 4.31. The van der Waals surface area contributed by atoms with Gasteiger partial charge < -0.3 is 4.74 Å². The van der Waals surface area contributed by atoms with Crippen molar-refractivity contribution in [3.05, 3.63) is 83.9 Å². The van der Waals surface area contributed by atoms with E-state index in [0.717, 1.165) is 25.0 Å². The van der Waals surface area contributed by atoms with Crippen LogP contribution in [0.5, 0.6) is 0 Å². The van der Waals surface area contributed by atoms with Crippen LogP contribution in [0.25, 0.3) is 16.7 Å². The molecule has 1 fully saturated rings. The summed E-state index contributed by atoms with van der Waals surface area (Å²) >= 11 is 0. The van der Waals surface area contributed by atoms with Crippen molar-refractivity contribution in [2.24, 2.45) is 0 Å². The minimum atomic E-state index is 0.366. The molecule has 0 amide bonds. The summed E-state index contributed by atoms with van der Waals surface area (Å²) in [6, 6.07) is 8.76. The molecule has 0 radical (unpaired) electrons. The SMILES string of the molecule is C=C(/C=C\C(=C/C)c1ccc(-c2cnccc2C)c(CC)c1)OC1CCC1. The van der Waals surface area contributed by atoms with Crippen LogP contribution in [-0.4, -0.2) is 11.1 Å². The van der Waals surface area contributed by atoms with Crippen molar-refractivity contribution in [3.63, 3.8) is 0 Å². The van der Waals surface area contributed by atoms with Crippen LogP contribution >= 0.6 is 0 Å². The molecule has 2 heteroatoms. The zero-order valence-electron chi connectivity index (χ0n) is 16.7. The predicted octanol–water partition coefficient (Wildman–Crippen LogP) is 6.66. The lowest BCUT2D eigenvalue weighted by Gasteiger charge is -2.26. The number of pyridine rings is 1. The first kappa shape index (κ1) is 19.2. The lowest BCUT2D eigenvalue weighted by atomic mass is 9.92. The molecule has 0 N–H and O–H groups in total. The minimum absolute atomic E-state index is 0.366. The number of hydrogen-bond acceptors (Lipinski definition) is 2. The van der Waals surface area contributed by atoms with Gasteiger partial charge in [-0.1, -0.05) is 43.9 Å². The van der Waals surface area contributed by atoms with Crippen molar-refractivity contribution in [1.82, 2.24) is 4.98 Å². The Morgan fingerprint density at radius 3 is 2.67 bits per heavy atom. The van der Waals surface area contributed by atoms with Crippen molar-refractivity contribution in [3.8, 4) is 11.1 Å². The summed E-state index contributed by atoms with van der Waals surface area (Å²) in [5.41, 5.74) is 7.46. The molecule has 1 aliphatic carbocycles. The highest BCUT2D eigenvalue weighted by atomic mass is 16.5. The Morgan fingerprint density at radius 2 is 2.04 bits per heavy atom. The van der Waals surface area contributed by atoms with Crippen molar-refractivity contribution in [2.75, 3.05) is 0 Å². The normalized spacial score (nSPS) is 15.0. The van der Waals surface area contributed by atoms with Gasteiger partial charge in [-0.15, -0.1) is 0 Å². The summed E-state index contributed by atoms with van der Waals surface area (Å²) in [5, 5.41) is 0. The van der Waals surface area contributed by atoms with E-state index in [4.69, 9.17) is 4.74 Å². The molecule has 0 saturated heterocycles. The molecule has 1 aromatic carbocycles. The van der Waals surface area contributed by atoms with Crippen LogP contribution in [0.3, 0.4) is 0 Å². The Kier molecular flexibility index (Phi) is 6.28. The van der Waals surface area contributed by atoms with Gasteiger partial charge in [-0.05, 0) is 79.5 Å². The largest absolute Gasteiger partial charge is 0.491 e. The second-order valence-electron chi connectivity index (χ2n) is 7.13. The first-order valence-electron chi connectivity index (χ1n) is 9.86. The summed E-state index contributed by atoms with van der Waals surface area (Å²) in [7, 11) is 0. The van der Waals surface area contributed by atoms with Gasteiger partial charge in [0.2, 0.25) is 0 Å². The molecular formula is C25H29NO. The summed E-state index contributed by atoms with van der Waals surface area (Å²) in [6.45, 7) is 10.4. The van der Waals surface area contributed by atoms with Crippen LogP contribution in [0.1, 0.15) is 49.8 Å². The highest BCUT2D eigenvalue weighted by Crippen LogP contribution is 2.30. The Bertz CT molecular complexity index is 872. The Labute approximate surface area is 163 Å². The molecule has 0 bridgehead atoms. The molecule has 1 aromatic heterocycles. The van der Waals surface area contributed by atoms with Crippen molar-refractivity contribution >= 4 is 5.57 Å². The molecule has 1 heterocycles. The van der Waals surface area contributed by atoms with E-state index in [0.29, 0.717) is 6.10 Å². The monoisotopic (exact) mass is 359 g/mol. The van der Waals surface area contributed by atoms with E-state index in [2.05, 4.69) is 68.8 Å². The number of nitrogens with zero attached hydrogens (tertiary/aromatic N) is 1. The number of ether oxygens (including phenoxy) is 1. The third-order valence-corrected chi connectivity index (χ3v) is 5.28. The first-order chi connectivity index (χ1) is 13.1. The fraction of sp³-hybridized carbons (Fsp3) is 0.320. The molecule has 27 heavy (non-hydrogen) atoms. The Balaban J connectivity index is 1.82. The van der Waals surface area contributed by atoms with E-state index in [9.17, 15) is 0 Å². The maximum Gasteiger partial charge on any atom is 0.112 e. The van der Waals surface area contributed by atoms with Crippen LogP contribution < -0.4 is 0 Å². The number of rotatable bonds is 7. The molecule has 0 unspecified atom stereocenters. The highest BCUT2D eigenvalue weighted by Gasteiger charge is 2.18. The predicted molar refractivity (Wildman–Crippen MR) is 114 cm³/mol. The van der Waals surface area contributed by atoms with Gasteiger partial charge >= 0.3 is 0 Å². The summed E-state index contributed by atoms with van der Waals surface area (Å²) in [6.07, 6.45) is 14.9. The molecule has 1 saturated carbocycles. The van der Waals surface area contributed by atoms with E-state index in [-0.39, 0.29) is 0 Å². The van der Waals surface area contributed by atoms with Crippen LogP contribution in [-0.2, 0) is 11.2 Å². The molecule has 3 rings (SSSR count). The van der Waals surface area contributed by atoms with Crippen LogP contribution in [0.2, 0.25) is 0 Å². The Hall–Kier alpha value is -2.61. The maximum atomic E-state index is 5.84. The molecular weight excluding hydrogens is 330 g/mol. The van der Waals surface area contributed by atoms with Gasteiger partial charge in [-0.3, -0.25) is 4.98 Å². The lowest BCUT2D eigenvalue weighted by Crippen LogP contribution is -2.20. The zero-order valence-corrected chi connectivity index (χ0v) is 16.7. The van der Waals surface area contributed by atoms with Gasteiger partial charge in [0.05, 0.1) is 6.10 Å². The van der Waals surface area contributed by atoms with Crippen molar-refractivity contribution in [1.29, 1.82) is 0 Å². The number of aromatic nitrogens is 1. The van der Waals surface area contributed by atoms with Gasteiger partial charge in [0.25, 0.3) is 0 Å². The molecule has 2 nitrogen and oxygen atoms in total. The van der Waals surface area contributed by atoms with E-state index in [1.54, 1.807) is 0 Å². The van der Waals surface area contributed by atoms with Crippen molar-refractivity contribution < 1.29 is 4.74 Å². The van der Waals surface area contributed by atoms with Gasteiger partial charge in [-0.2, -0.15) is 0 Å². The van der Waals surface area contributed by atoms with Gasteiger partial charge in [0, 0.05) is 18.0 Å². The van der Waals surface area contributed by atoms with E-state index in [1.807, 2.05) is 18.5 Å². The molecule has 1 aliphatic rings. The second kappa shape index (κ2) is 8.85. The van der Waals surface area contributed by atoms with Gasteiger partial charge in [0.15, 0.2) is 0 Å². The fourth-order valence-corrected chi connectivity index (χ4v) is 3.36. The third kappa shape index (κ3) is 4.57. The van der Waals surface area contributed by atoms with Crippen LogP contribution in [0.15, 0.2) is 67.2 Å².